The van der Waals surface area contributed by atoms with Gasteiger partial charge in [0.05, 0.1) is 13.0 Å². The van der Waals surface area contributed by atoms with Crippen molar-refractivity contribution in [3.05, 3.63) is 29.8 Å². The molecular weight excluding hydrogens is 332 g/mol. The van der Waals surface area contributed by atoms with E-state index in [1.807, 2.05) is 0 Å². The Morgan fingerprint density at radius 3 is 2.12 bits per heavy atom. The van der Waals surface area contributed by atoms with E-state index in [1.54, 1.807) is 12.1 Å². The Kier molecular flexibility index (Phi) is 7.35. The number of phenolic OH excluding ortho intramolecular Hbond substituents is 1. The van der Waals surface area contributed by atoms with Gasteiger partial charge in [0.25, 0.3) is 0 Å². The number of amides is 3. The summed E-state index contributed by atoms with van der Waals surface area (Å²) < 4.78 is 0. The summed E-state index contributed by atoms with van der Waals surface area (Å²) in [7, 11) is 0. The highest BCUT2D eigenvalue weighted by molar-refractivity contribution is 5.92. The highest BCUT2D eigenvalue weighted by Crippen LogP contribution is 2.11. The first-order valence-electron chi connectivity index (χ1n) is 7.31. The Balaban J connectivity index is 2.90. The zero-order valence-corrected chi connectivity index (χ0v) is 13.3. The number of rotatable bonds is 9. The number of carboxylic acid groups (broad SMARTS) is 1. The Morgan fingerprint density at radius 2 is 1.64 bits per heavy atom. The van der Waals surface area contributed by atoms with E-state index in [9.17, 15) is 24.3 Å². The second-order valence-electron chi connectivity index (χ2n) is 5.26. The number of nitrogens with two attached hydrogens (primary N) is 2. The minimum absolute atomic E-state index is 0.0285. The fourth-order valence-electron chi connectivity index (χ4n) is 2.00. The molecule has 0 aliphatic carbocycles. The van der Waals surface area contributed by atoms with Crippen molar-refractivity contribution < 1.29 is 29.4 Å². The molecule has 0 unspecified atom stereocenters. The minimum Gasteiger partial charge on any atom is -0.508 e. The summed E-state index contributed by atoms with van der Waals surface area (Å²) in [5.41, 5.74) is 10.8. The molecule has 10 nitrogen and oxygen atoms in total. The predicted molar refractivity (Wildman–Crippen MR) is 86.2 cm³/mol. The molecule has 0 fully saturated rings. The summed E-state index contributed by atoms with van der Waals surface area (Å²) in [5.74, 6) is -3.71. The van der Waals surface area contributed by atoms with E-state index in [2.05, 4.69) is 10.6 Å². The standard InChI is InChI=1S/C15H20N4O6/c16-7-13(22)18-10(5-8-1-3-9(20)4-2-8)14(23)19-11(15(24)25)6-12(17)21/h1-4,10-11,20H,5-7,16H2,(H2,17,21)(H,18,22)(H,19,23)(H,24,25)/t10-,11-/m0/s1. The number of hydrogen-bond acceptors (Lipinski definition) is 6. The molecule has 0 spiro atoms. The molecule has 0 aromatic heterocycles. The van der Waals surface area contributed by atoms with Crippen molar-refractivity contribution in [1.29, 1.82) is 0 Å². The Bertz CT molecular complexity index is 646. The second-order valence-corrected chi connectivity index (χ2v) is 5.26. The number of aromatic hydroxyl groups is 1. The van der Waals surface area contributed by atoms with Gasteiger partial charge in [-0.1, -0.05) is 12.1 Å². The number of aliphatic carboxylic acids is 1. The van der Waals surface area contributed by atoms with Gasteiger partial charge in [0, 0.05) is 6.42 Å². The van der Waals surface area contributed by atoms with Crippen LogP contribution < -0.4 is 22.1 Å². The molecule has 10 heteroatoms. The van der Waals surface area contributed by atoms with Crippen molar-refractivity contribution in [2.75, 3.05) is 6.54 Å². The van der Waals surface area contributed by atoms with Crippen molar-refractivity contribution in [3.63, 3.8) is 0 Å². The zero-order valence-electron chi connectivity index (χ0n) is 13.3. The average Bonchev–Trinajstić information content (AvgIpc) is 2.54. The molecule has 1 aromatic carbocycles. The summed E-state index contributed by atoms with van der Waals surface area (Å²) in [4.78, 5) is 45.9. The molecule has 0 radical (unpaired) electrons. The van der Waals surface area contributed by atoms with Crippen LogP contribution in [0.5, 0.6) is 5.75 Å². The maximum absolute atomic E-state index is 12.3. The van der Waals surface area contributed by atoms with Crippen LogP contribution in [0.3, 0.4) is 0 Å². The molecular formula is C15H20N4O6. The molecule has 1 rings (SSSR count). The van der Waals surface area contributed by atoms with Gasteiger partial charge in [-0.3, -0.25) is 14.4 Å². The molecule has 0 aliphatic heterocycles. The Hall–Kier alpha value is -3.14. The fourth-order valence-corrected chi connectivity index (χ4v) is 2.00. The number of carbonyl (C=O) groups is 4. The quantitative estimate of drug-likeness (QED) is 0.292. The van der Waals surface area contributed by atoms with Crippen LogP contribution >= 0.6 is 0 Å². The largest absolute Gasteiger partial charge is 0.508 e. The first-order chi connectivity index (χ1) is 11.7. The lowest BCUT2D eigenvalue weighted by Crippen LogP contribution is -2.54. The van der Waals surface area contributed by atoms with Crippen molar-refractivity contribution >= 4 is 23.7 Å². The third-order valence-corrected chi connectivity index (χ3v) is 3.23. The number of primary amides is 1. The number of carbonyl (C=O) groups excluding carboxylic acids is 3. The van der Waals surface area contributed by atoms with E-state index in [0.29, 0.717) is 5.56 Å². The monoisotopic (exact) mass is 352 g/mol. The van der Waals surface area contributed by atoms with Crippen LogP contribution in [0.4, 0.5) is 0 Å². The van der Waals surface area contributed by atoms with Crippen molar-refractivity contribution in [3.8, 4) is 5.75 Å². The van der Waals surface area contributed by atoms with Gasteiger partial charge in [-0.05, 0) is 17.7 Å². The molecule has 0 saturated carbocycles. The molecule has 136 valence electrons. The van der Waals surface area contributed by atoms with E-state index in [4.69, 9.17) is 16.6 Å². The molecule has 2 atom stereocenters. The third kappa shape index (κ3) is 6.87. The van der Waals surface area contributed by atoms with Crippen LogP contribution in [-0.4, -0.2) is 52.5 Å². The SMILES string of the molecule is NCC(=O)N[C@@H](Cc1ccc(O)cc1)C(=O)N[C@@H](CC(N)=O)C(=O)O. The molecule has 8 N–H and O–H groups in total. The van der Waals surface area contributed by atoms with Gasteiger partial charge in [0.1, 0.15) is 17.8 Å². The molecule has 0 bridgehead atoms. The van der Waals surface area contributed by atoms with E-state index >= 15 is 0 Å². The van der Waals surface area contributed by atoms with E-state index in [-0.39, 0.29) is 18.7 Å². The Morgan fingerprint density at radius 1 is 1.04 bits per heavy atom. The van der Waals surface area contributed by atoms with Gasteiger partial charge in [-0.25, -0.2) is 4.79 Å². The van der Waals surface area contributed by atoms with Crippen LogP contribution in [0.15, 0.2) is 24.3 Å². The lowest BCUT2D eigenvalue weighted by atomic mass is 10.0. The van der Waals surface area contributed by atoms with Crippen LogP contribution in [-0.2, 0) is 25.6 Å². The topological polar surface area (TPSA) is 185 Å². The molecule has 25 heavy (non-hydrogen) atoms. The van der Waals surface area contributed by atoms with Gasteiger partial charge < -0.3 is 32.3 Å². The predicted octanol–water partition coefficient (Wildman–Crippen LogP) is -2.18. The fraction of sp³-hybridized carbons (Fsp3) is 0.333. The van der Waals surface area contributed by atoms with Crippen molar-refractivity contribution in [2.45, 2.75) is 24.9 Å². The lowest BCUT2D eigenvalue weighted by molar-refractivity contribution is -0.143. The first-order valence-corrected chi connectivity index (χ1v) is 7.31. The second kappa shape index (κ2) is 9.23. The zero-order chi connectivity index (χ0) is 19.0. The summed E-state index contributed by atoms with van der Waals surface area (Å²) in [6, 6.07) is 3.27. The maximum atomic E-state index is 12.3. The van der Waals surface area contributed by atoms with Gasteiger partial charge in [0.15, 0.2) is 0 Å². The summed E-state index contributed by atoms with van der Waals surface area (Å²) in [6.07, 6.45) is -0.557. The van der Waals surface area contributed by atoms with Crippen LogP contribution in [0, 0.1) is 0 Å². The highest BCUT2D eigenvalue weighted by Gasteiger charge is 2.27. The van der Waals surface area contributed by atoms with Gasteiger partial charge in [0.2, 0.25) is 17.7 Å². The molecule has 1 aromatic rings. The van der Waals surface area contributed by atoms with Crippen LogP contribution in [0.25, 0.3) is 0 Å². The van der Waals surface area contributed by atoms with Gasteiger partial charge >= 0.3 is 5.97 Å². The first kappa shape index (κ1) is 19.9. The number of hydrogen-bond donors (Lipinski definition) is 6. The summed E-state index contributed by atoms with van der Waals surface area (Å²) in [5, 5.41) is 22.9. The molecule has 3 amide bonds. The summed E-state index contributed by atoms with van der Waals surface area (Å²) in [6.45, 7) is -0.358. The summed E-state index contributed by atoms with van der Waals surface area (Å²) >= 11 is 0. The normalized spacial score (nSPS) is 12.7. The number of carboxylic acids is 1. The maximum Gasteiger partial charge on any atom is 0.326 e. The molecule has 0 heterocycles. The van der Waals surface area contributed by atoms with Crippen LogP contribution in [0.1, 0.15) is 12.0 Å². The lowest BCUT2D eigenvalue weighted by Gasteiger charge is -2.21. The third-order valence-electron chi connectivity index (χ3n) is 3.23. The van der Waals surface area contributed by atoms with Gasteiger partial charge in [-0.2, -0.15) is 0 Å². The van der Waals surface area contributed by atoms with Crippen molar-refractivity contribution in [1.82, 2.24) is 10.6 Å². The minimum atomic E-state index is -1.51. The van der Waals surface area contributed by atoms with Gasteiger partial charge in [-0.15, -0.1) is 0 Å². The number of nitrogens with one attached hydrogen (secondary N) is 2. The van der Waals surface area contributed by atoms with E-state index < -0.39 is 42.2 Å². The number of phenols is 1. The Labute approximate surface area is 143 Å². The number of benzene rings is 1. The van der Waals surface area contributed by atoms with Crippen molar-refractivity contribution in [2.24, 2.45) is 11.5 Å². The van der Waals surface area contributed by atoms with Crippen LogP contribution in [0.2, 0.25) is 0 Å². The van der Waals surface area contributed by atoms with E-state index in [0.717, 1.165) is 0 Å². The molecule has 0 saturated heterocycles. The highest BCUT2D eigenvalue weighted by atomic mass is 16.4. The smallest absolute Gasteiger partial charge is 0.326 e. The average molecular weight is 352 g/mol. The molecule has 0 aliphatic rings. The van der Waals surface area contributed by atoms with E-state index in [1.165, 1.54) is 12.1 Å².